The second-order valence-electron chi connectivity index (χ2n) is 7.70. The van der Waals surface area contributed by atoms with Gasteiger partial charge < -0.3 is 5.11 Å². The number of aliphatic carboxylic acids is 1. The minimum atomic E-state index is -0.659. The molecule has 2 atom stereocenters. The zero-order valence-corrected chi connectivity index (χ0v) is 20.2. The monoisotopic (exact) mass is 496 g/mol. The average Bonchev–Trinajstić information content (AvgIpc) is 2.61. The molecule has 0 aliphatic heterocycles. The van der Waals surface area contributed by atoms with Crippen molar-refractivity contribution in [3.8, 4) is 0 Å². The SMILES string of the molecule is CCCCCCCC[C@H](Br)[C@H](Br)CCCCCCCCCCCC(=O)O. The van der Waals surface area contributed by atoms with Crippen LogP contribution in [0.2, 0.25) is 0 Å². The van der Waals surface area contributed by atoms with E-state index in [0.29, 0.717) is 16.1 Å². The van der Waals surface area contributed by atoms with E-state index in [1.165, 1.54) is 96.3 Å². The molecule has 1 N–H and O–H groups in total. The van der Waals surface area contributed by atoms with Crippen LogP contribution >= 0.6 is 31.9 Å². The number of hydrogen-bond acceptors (Lipinski definition) is 1. The van der Waals surface area contributed by atoms with Gasteiger partial charge in [0.15, 0.2) is 0 Å². The van der Waals surface area contributed by atoms with E-state index in [0.717, 1.165) is 12.8 Å². The molecule has 0 aliphatic carbocycles. The number of carboxylic acids is 1. The third kappa shape index (κ3) is 19.2. The quantitative estimate of drug-likeness (QED) is 0.135. The average molecular weight is 498 g/mol. The Labute approximate surface area is 179 Å². The summed E-state index contributed by atoms with van der Waals surface area (Å²) in [7, 11) is 0. The van der Waals surface area contributed by atoms with Gasteiger partial charge in [0.25, 0.3) is 0 Å². The summed E-state index contributed by atoms with van der Waals surface area (Å²) >= 11 is 7.75. The van der Waals surface area contributed by atoms with Crippen LogP contribution in [0, 0.1) is 0 Å². The van der Waals surface area contributed by atoms with E-state index in [1.54, 1.807) is 0 Å². The summed E-state index contributed by atoms with van der Waals surface area (Å²) in [5.41, 5.74) is 0. The molecule has 0 rings (SSSR count). The molecule has 156 valence electrons. The zero-order chi connectivity index (χ0) is 19.5. The van der Waals surface area contributed by atoms with Crippen molar-refractivity contribution in [2.45, 2.75) is 132 Å². The largest absolute Gasteiger partial charge is 0.481 e. The Balaban J connectivity index is 3.31. The number of unbranched alkanes of at least 4 members (excludes halogenated alkanes) is 13. The number of alkyl halides is 2. The molecule has 0 saturated heterocycles. The second kappa shape index (κ2) is 20.2. The van der Waals surface area contributed by atoms with Gasteiger partial charge in [-0.05, 0) is 19.3 Å². The van der Waals surface area contributed by atoms with E-state index >= 15 is 0 Å². The Morgan fingerprint density at radius 1 is 0.654 bits per heavy atom. The summed E-state index contributed by atoms with van der Waals surface area (Å²) in [6.07, 6.45) is 22.2. The fraction of sp³-hybridized carbons (Fsp3) is 0.955. The van der Waals surface area contributed by atoms with Gasteiger partial charge in [-0.1, -0.05) is 129 Å². The fourth-order valence-corrected chi connectivity index (χ4v) is 4.51. The van der Waals surface area contributed by atoms with Crippen LogP contribution in [0.25, 0.3) is 0 Å². The molecular formula is C22H42Br2O2. The topological polar surface area (TPSA) is 37.3 Å². The molecule has 0 aromatic rings. The first-order chi connectivity index (χ1) is 12.6. The van der Waals surface area contributed by atoms with Gasteiger partial charge in [0.2, 0.25) is 0 Å². The van der Waals surface area contributed by atoms with Crippen LogP contribution in [0.3, 0.4) is 0 Å². The van der Waals surface area contributed by atoms with Crippen LogP contribution in [0.15, 0.2) is 0 Å². The Bertz CT molecular complexity index is 311. The van der Waals surface area contributed by atoms with Crippen LogP contribution in [-0.2, 0) is 4.79 Å². The normalized spacial score (nSPS) is 13.7. The minimum absolute atomic E-state index is 0.334. The molecule has 4 heteroatoms. The number of carboxylic acid groups (broad SMARTS) is 1. The van der Waals surface area contributed by atoms with Crippen molar-refractivity contribution < 1.29 is 9.90 Å². The third-order valence-electron chi connectivity index (χ3n) is 5.10. The molecule has 26 heavy (non-hydrogen) atoms. The highest BCUT2D eigenvalue weighted by Gasteiger charge is 2.14. The first-order valence-electron chi connectivity index (χ1n) is 11.1. The predicted molar refractivity (Wildman–Crippen MR) is 122 cm³/mol. The van der Waals surface area contributed by atoms with Crippen LogP contribution in [-0.4, -0.2) is 20.7 Å². The van der Waals surface area contributed by atoms with Gasteiger partial charge in [-0.2, -0.15) is 0 Å². The third-order valence-corrected chi connectivity index (χ3v) is 8.00. The molecule has 0 aromatic heterocycles. The van der Waals surface area contributed by atoms with E-state index in [4.69, 9.17) is 5.11 Å². The number of hydrogen-bond donors (Lipinski definition) is 1. The molecule has 0 aromatic carbocycles. The van der Waals surface area contributed by atoms with Crippen molar-refractivity contribution in [3.05, 3.63) is 0 Å². The summed E-state index contributed by atoms with van der Waals surface area (Å²) in [4.78, 5) is 11.7. The van der Waals surface area contributed by atoms with Crippen molar-refractivity contribution in [1.29, 1.82) is 0 Å². The van der Waals surface area contributed by atoms with E-state index in [-0.39, 0.29) is 0 Å². The molecular weight excluding hydrogens is 456 g/mol. The lowest BCUT2D eigenvalue weighted by Crippen LogP contribution is -2.13. The molecule has 0 aliphatic rings. The first-order valence-corrected chi connectivity index (χ1v) is 12.9. The van der Waals surface area contributed by atoms with Gasteiger partial charge in [-0.25, -0.2) is 0 Å². The smallest absolute Gasteiger partial charge is 0.303 e. The Kier molecular flexibility index (Phi) is 20.5. The molecule has 0 bridgehead atoms. The van der Waals surface area contributed by atoms with E-state index in [9.17, 15) is 4.79 Å². The molecule has 0 unspecified atom stereocenters. The standard InChI is InChI=1S/C22H42Br2O2/c1-2-3-4-5-11-14-17-20(23)21(24)18-15-12-9-7-6-8-10-13-16-19-22(25)26/h20-21H,2-19H2,1H3,(H,25,26)/t20-,21+/m0/s1. The highest BCUT2D eigenvalue weighted by atomic mass is 79.9. The van der Waals surface area contributed by atoms with Gasteiger partial charge in [0, 0.05) is 16.1 Å². The summed E-state index contributed by atoms with van der Waals surface area (Å²) < 4.78 is 0. The molecule has 2 nitrogen and oxygen atoms in total. The van der Waals surface area contributed by atoms with Crippen molar-refractivity contribution in [2.75, 3.05) is 0 Å². The Morgan fingerprint density at radius 3 is 1.38 bits per heavy atom. The second-order valence-corrected chi connectivity index (χ2v) is 10.1. The number of rotatable bonds is 20. The zero-order valence-electron chi connectivity index (χ0n) is 17.0. The highest BCUT2D eigenvalue weighted by Crippen LogP contribution is 2.25. The highest BCUT2D eigenvalue weighted by molar-refractivity contribution is 9.12. The lowest BCUT2D eigenvalue weighted by Gasteiger charge is -2.16. The van der Waals surface area contributed by atoms with Gasteiger partial charge in [0.1, 0.15) is 0 Å². The summed E-state index contributed by atoms with van der Waals surface area (Å²) in [5.74, 6) is -0.659. The van der Waals surface area contributed by atoms with Crippen molar-refractivity contribution >= 4 is 37.8 Å². The van der Waals surface area contributed by atoms with Gasteiger partial charge in [0.05, 0.1) is 0 Å². The first kappa shape index (κ1) is 26.4. The maximum absolute atomic E-state index is 10.4. The maximum atomic E-state index is 10.4. The molecule has 0 amide bonds. The molecule has 0 saturated carbocycles. The van der Waals surface area contributed by atoms with Gasteiger partial charge in [-0.3, -0.25) is 4.79 Å². The lowest BCUT2D eigenvalue weighted by molar-refractivity contribution is -0.137. The van der Waals surface area contributed by atoms with Crippen LogP contribution in [0.5, 0.6) is 0 Å². The van der Waals surface area contributed by atoms with E-state index < -0.39 is 5.97 Å². The van der Waals surface area contributed by atoms with Crippen LogP contribution < -0.4 is 0 Å². The molecule has 0 heterocycles. The Hall–Kier alpha value is 0.430. The minimum Gasteiger partial charge on any atom is -0.481 e. The maximum Gasteiger partial charge on any atom is 0.303 e. The van der Waals surface area contributed by atoms with E-state index in [1.807, 2.05) is 0 Å². The van der Waals surface area contributed by atoms with Crippen molar-refractivity contribution in [3.63, 3.8) is 0 Å². The molecule has 0 spiro atoms. The van der Waals surface area contributed by atoms with Gasteiger partial charge in [-0.15, -0.1) is 0 Å². The number of carbonyl (C=O) groups is 1. The van der Waals surface area contributed by atoms with Crippen LogP contribution in [0.4, 0.5) is 0 Å². The summed E-state index contributed by atoms with van der Waals surface area (Å²) in [6.45, 7) is 2.27. The van der Waals surface area contributed by atoms with Gasteiger partial charge >= 0.3 is 5.97 Å². The van der Waals surface area contributed by atoms with Crippen LogP contribution in [0.1, 0.15) is 122 Å². The predicted octanol–water partition coefficient (Wildman–Crippen LogP) is 8.64. The Morgan fingerprint density at radius 2 is 1.00 bits per heavy atom. The molecule has 0 fully saturated rings. The number of halogens is 2. The molecule has 0 radical (unpaired) electrons. The van der Waals surface area contributed by atoms with Crippen molar-refractivity contribution in [2.24, 2.45) is 0 Å². The van der Waals surface area contributed by atoms with E-state index in [2.05, 4.69) is 38.8 Å². The summed E-state index contributed by atoms with van der Waals surface area (Å²) in [5, 5.41) is 8.59. The fourth-order valence-electron chi connectivity index (χ4n) is 3.33. The van der Waals surface area contributed by atoms with Crippen molar-refractivity contribution in [1.82, 2.24) is 0 Å². The lowest BCUT2D eigenvalue weighted by atomic mass is 10.0. The summed E-state index contributed by atoms with van der Waals surface area (Å²) in [6, 6.07) is 0.